The maximum absolute atomic E-state index is 13.4. The van der Waals surface area contributed by atoms with E-state index in [0.717, 1.165) is 44.6 Å². The van der Waals surface area contributed by atoms with Crippen LogP contribution in [0.5, 0.6) is 0 Å². The zero-order valence-electron chi connectivity index (χ0n) is 22.6. The van der Waals surface area contributed by atoms with E-state index in [1.165, 1.54) is 12.0 Å². The van der Waals surface area contributed by atoms with Gasteiger partial charge in [0.1, 0.15) is 6.54 Å². The van der Waals surface area contributed by atoms with E-state index in [1.807, 2.05) is 72.9 Å². The lowest BCUT2D eigenvalue weighted by Gasteiger charge is -2.14. The number of fused-ring (bicyclic) bond motifs is 2. The molecule has 208 valence electrons. The Morgan fingerprint density at radius 1 is 0.881 bits per heavy atom. The van der Waals surface area contributed by atoms with Crippen LogP contribution in [-0.4, -0.2) is 39.6 Å². The van der Waals surface area contributed by atoms with Crippen molar-refractivity contribution in [2.75, 3.05) is 12.4 Å². The lowest BCUT2D eigenvalue weighted by atomic mass is 10.0. The van der Waals surface area contributed by atoms with Gasteiger partial charge < -0.3 is 14.6 Å². The largest absolute Gasteiger partial charge is 0.465 e. The van der Waals surface area contributed by atoms with Crippen LogP contribution in [0.15, 0.2) is 102 Å². The lowest BCUT2D eigenvalue weighted by Crippen LogP contribution is -2.27. The van der Waals surface area contributed by atoms with Crippen LogP contribution < -0.4 is 5.32 Å². The molecular weight excluding hydrogens is 550 g/mol. The molecule has 1 aliphatic heterocycles. The van der Waals surface area contributed by atoms with Crippen LogP contribution in [0, 0.1) is 0 Å². The predicted octanol–water partition coefficient (Wildman–Crippen LogP) is 6.46. The quantitative estimate of drug-likeness (QED) is 0.177. The van der Waals surface area contributed by atoms with E-state index < -0.39 is 5.97 Å². The Labute approximate surface area is 245 Å². The number of hydrogen-bond donors (Lipinski definition) is 1. The summed E-state index contributed by atoms with van der Waals surface area (Å²) in [6.45, 7) is 0.210. The maximum Gasteiger partial charge on any atom is 0.337 e. The number of ether oxygens (including phenoxy) is 1. The fourth-order valence-electron chi connectivity index (χ4n) is 5.06. The van der Waals surface area contributed by atoms with Crippen molar-refractivity contribution in [2.24, 2.45) is 0 Å². The standard InChI is InChI=1S/C33H25N3O5S/c1-41-32(39)22-13-15-25(16-14-22)34-30(37)20-35-18-24(27-11-4-5-12-28(27)35)17-29-31(38)36(33(40)42-29)19-23-9-6-8-21-7-2-3-10-26(21)23/h2-18H,19-20H2,1H3,(H,34,37)/b29-17-. The minimum absolute atomic E-state index is 0.0235. The van der Waals surface area contributed by atoms with Crippen molar-refractivity contribution in [3.8, 4) is 0 Å². The highest BCUT2D eigenvalue weighted by Crippen LogP contribution is 2.35. The van der Waals surface area contributed by atoms with Crippen molar-refractivity contribution in [1.29, 1.82) is 0 Å². The van der Waals surface area contributed by atoms with Crippen LogP contribution in [0.3, 0.4) is 0 Å². The van der Waals surface area contributed by atoms with Gasteiger partial charge >= 0.3 is 5.97 Å². The molecule has 1 saturated heterocycles. The first-order chi connectivity index (χ1) is 20.4. The molecule has 0 unspecified atom stereocenters. The number of nitrogens with one attached hydrogen (secondary N) is 1. The van der Waals surface area contributed by atoms with Crippen molar-refractivity contribution in [1.82, 2.24) is 9.47 Å². The average Bonchev–Trinajstić information content (AvgIpc) is 3.48. The number of anilines is 1. The van der Waals surface area contributed by atoms with E-state index in [4.69, 9.17) is 4.74 Å². The summed E-state index contributed by atoms with van der Waals surface area (Å²) >= 11 is 0.917. The SMILES string of the molecule is COC(=O)c1ccc(NC(=O)Cn2cc(/C=C3\SC(=O)N(Cc4cccc5ccccc45)C3=O)c3ccccc32)cc1. The number of hydrogen-bond acceptors (Lipinski definition) is 6. The third-order valence-corrected chi connectivity index (χ3v) is 8.00. The van der Waals surface area contributed by atoms with Gasteiger partial charge in [-0.05, 0) is 64.5 Å². The fraction of sp³-hybridized carbons (Fsp3) is 0.0909. The molecule has 1 aromatic heterocycles. The topological polar surface area (TPSA) is 97.7 Å². The number of thioether (sulfide) groups is 1. The van der Waals surface area contributed by atoms with Gasteiger partial charge in [-0.25, -0.2) is 4.79 Å². The van der Waals surface area contributed by atoms with E-state index in [9.17, 15) is 19.2 Å². The van der Waals surface area contributed by atoms with Gasteiger partial charge in [0, 0.05) is 28.4 Å². The van der Waals surface area contributed by atoms with Gasteiger partial charge in [-0.15, -0.1) is 0 Å². The van der Waals surface area contributed by atoms with Gasteiger partial charge in [0.2, 0.25) is 5.91 Å². The lowest BCUT2D eigenvalue weighted by molar-refractivity contribution is -0.123. The van der Waals surface area contributed by atoms with E-state index in [1.54, 1.807) is 34.9 Å². The summed E-state index contributed by atoms with van der Waals surface area (Å²) in [7, 11) is 1.31. The molecule has 3 amide bonds. The molecule has 0 radical (unpaired) electrons. The smallest absolute Gasteiger partial charge is 0.337 e. The van der Waals surface area contributed by atoms with E-state index in [2.05, 4.69) is 5.32 Å². The highest BCUT2D eigenvalue weighted by atomic mass is 32.2. The number of amides is 3. The zero-order chi connectivity index (χ0) is 29.2. The highest BCUT2D eigenvalue weighted by Gasteiger charge is 2.35. The van der Waals surface area contributed by atoms with Crippen LogP contribution >= 0.6 is 11.8 Å². The van der Waals surface area contributed by atoms with Crippen molar-refractivity contribution < 1.29 is 23.9 Å². The summed E-state index contributed by atoms with van der Waals surface area (Å²) in [5.41, 5.74) is 3.38. The highest BCUT2D eigenvalue weighted by molar-refractivity contribution is 8.18. The summed E-state index contributed by atoms with van der Waals surface area (Å²) in [6, 6.07) is 27.8. The van der Waals surface area contributed by atoms with Gasteiger partial charge in [-0.3, -0.25) is 19.3 Å². The summed E-state index contributed by atoms with van der Waals surface area (Å²) in [5, 5.41) is 5.43. The summed E-state index contributed by atoms with van der Waals surface area (Å²) in [6.07, 6.45) is 3.53. The molecule has 9 heteroatoms. The molecule has 0 bridgehead atoms. The first kappa shape index (κ1) is 27.0. The van der Waals surface area contributed by atoms with Crippen LogP contribution in [0.2, 0.25) is 0 Å². The third-order valence-electron chi connectivity index (χ3n) is 7.09. The number of para-hydroxylation sites is 1. The summed E-state index contributed by atoms with van der Waals surface area (Å²) < 4.78 is 6.51. The van der Waals surface area contributed by atoms with Gasteiger partial charge in [-0.2, -0.15) is 0 Å². The van der Waals surface area contributed by atoms with Crippen LogP contribution in [-0.2, 0) is 27.4 Å². The molecule has 42 heavy (non-hydrogen) atoms. The number of carbonyl (C=O) groups excluding carboxylic acids is 4. The minimum atomic E-state index is -0.453. The van der Waals surface area contributed by atoms with Crippen LogP contribution in [0.1, 0.15) is 21.5 Å². The minimum Gasteiger partial charge on any atom is -0.465 e. The number of methoxy groups -OCH3 is 1. The second kappa shape index (κ2) is 11.4. The molecule has 1 aliphatic rings. The molecule has 4 aromatic carbocycles. The molecule has 0 aliphatic carbocycles. The van der Waals surface area contributed by atoms with Gasteiger partial charge in [0.25, 0.3) is 11.1 Å². The Morgan fingerprint density at radius 3 is 2.38 bits per heavy atom. The Kier molecular flexibility index (Phi) is 7.33. The van der Waals surface area contributed by atoms with Crippen molar-refractivity contribution in [2.45, 2.75) is 13.1 Å². The molecular formula is C33H25N3O5S. The monoisotopic (exact) mass is 575 g/mol. The number of benzene rings is 4. The van der Waals surface area contributed by atoms with Crippen LogP contribution in [0.4, 0.5) is 10.5 Å². The van der Waals surface area contributed by atoms with Crippen molar-refractivity contribution in [3.05, 3.63) is 119 Å². The molecule has 6 rings (SSSR count). The van der Waals surface area contributed by atoms with Crippen LogP contribution in [0.25, 0.3) is 27.8 Å². The molecule has 0 atom stereocenters. The first-order valence-corrected chi connectivity index (χ1v) is 14.0. The van der Waals surface area contributed by atoms with Gasteiger partial charge in [-0.1, -0.05) is 60.7 Å². The van der Waals surface area contributed by atoms with Gasteiger partial charge in [0.15, 0.2) is 0 Å². The molecule has 1 N–H and O–H groups in total. The number of nitrogens with zero attached hydrogens (tertiary/aromatic N) is 2. The number of aromatic nitrogens is 1. The second-order valence-electron chi connectivity index (χ2n) is 9.75. The third kappa shape index (κ3) is 5.29. The maximum atomic E-state index is 13.4. The number of carbonyl (C=O) groups is 4. The van der Waals surface area contributed by atoms with Crippen molar-refractivity contribution >= 4 is 68.2 Å². The first-order valence-electron chi connectivity index (χ1n) is 13.2. The van der Waals surface area contributed by atoms with E-state index in [-0.39, 0.29) is 30.1 Å². The summed E-state index contributed by atoms with van der Waals surface area (Å²) in [5.74, 6) is -1.06. The molecule has 8 nitrogen and oxygen atoms in total. The Balaban J connectivity index is 1.22. The Bertz CT molecular complexity index is 1900. The normalized spacial score (nSPS) is 14.2. The van der Waals surface area contributed by atoms with Crippen molar-refractivity contribution in [3.63, 3.8) is 0 Å². The van der Waals surface area contributed by atoms with Gasteiger partial charge in [0.05, 0.1) is 24.1 Å². The molecule has 0 saturated carbocycles. The van der Waals surface area contributed by atoms with E-state index >= 15 is 0 Å². The second-order valence-corrected chi connectivity index (χ2v) is 10.7. The summed E-state index contributed by atoms with van der Waals surface area (Å²) in [4.78, 5) is 52.5. The molecule has 0 spiro atoms. The molecule has 5 aromatic rings. The average molecular weight is 576 g/mol. The Morgan fingerprint density at radius 2 is 1.60 bits per heavy atom. The number of imide groups is 1. The molecule has 1 fully saturated rings. The zero-order valence-corrected chi connectivity index (χ0v) is 23.4. The molecule has 2 heterocycles. The number of esters is 1. The predicted molar refractivity (Wildman–Crippen MR) is 164 cm³/mol. The Hall–Kier alpha value is -5.15. The van der Waals surface area contributed by atoms with E-state index in [0.29, 0.717) is 16.2 Å². The number of rotatable bonds is 7. The fourth-order valence-corrected chi connectivity index (χ4v) is 5.89.